The summed E-state index contributed by atoms with van der Waals surface area (Å²) in [6.45, 7) is 0.812. The van der Waals surface area contributed by atoms with Crippen LogP contribution in [0.2, 0.25) is 0 Å². The van der Waals surface area contributed by atoms with Gasteiger partial charge in [0.05, 0.1) is 11.4 Å². The van der Waals surface area contributed by atoms with Gasteiger partial charge in [-0.3, -0.25) is 4.79 Å². The Kier molecular flexibility index (Phi) is 3.97. The molecule has 3 aromatic heterocycles. The molecule has 0 radical (unpaired) electrons. The number of carbonyl (C=O) groups excluding carboxylic acids is 1. The molecule has 5 nitrogen and oxygen atoms in total. The van der Waals surface area contributed by atoms with E-state index in [0.717, 1.165) is 29.6 Å². The molecule has 1 atom stereocenters. The number of hydrogen-bond acceptors (Lipinski definition) is 6. The van der Waals surface area contributed by atoms with Crippen molar-refractivity contribution in [1.82, 2.24) is 14.9 Å². The van der Waals surface area contributed by atoms with Crippen molar-refractivity contribution in [1.29, 1.82) is 0 Å². The smallest absolute Gasteiger partial charge is 0.261 e. The number of rotatable bonds is 4. The van der Waals surface area contributed by atoms with E-state index < -0.39 is 0 Å². The molecule has 118 valence electrons. The quantitative estimate of drug-likeness (QED) is 0.726. The molecule has 1 fully saturated rings. The minimum atomic E-state index is 0.0166. The number of likely N-dealkylation sites (tertiary alicyclic amines) is 1. The average molecular weight is 345 g/mol. The fourth-order valence-corrected chi connectivity index (χ4v) is 4.53. The van der Waals surface area contributed by atoms with Gasteiger partial charge in [0.25, 0.3) is 5.91 Å². The molecule has 4 rings (SSSR count). The summed E-state index contributed by atoms with van der Waals surface area (Å²) in [6, 6.07) is 6.24. The lowest BCUT2D eigenvalue weighted by molar-refractivity contribution is -0.134. The van der Waals surface area contributed by atoms with E-state index in [4.69, 9.17) is 4.74 Å². The molecular weight excluding hydrogens is 330 g/mol. The summed E-state index contributed by atoms with van der Waals surface area (Å²) in [5.74, 6) is 0.499. The molecule has 0 spiro atoms. The number of fused-ring (bicyclic) bond motifs is 1. The van der Waals surface area contributed by atoms with Gasteiger partial charge in [0.2, 0.25) is 5.88 Å². The van der Waals surface area contributed by atoms with Gasteiger partial charge < -0.3 is 9.64 Å². The number of hydrogen-bond donors (Lipinski definition) is 0. The lowest BCUT2D eigenvalue weighted by Crippen LogP contribution is -2.34. The number of carbonyl (C=O) groups is 1. The SMILES string of the molecule is O=C(COc1ncnc2sccc12)N1CCCC1c1cccs1. The average Bonchev–Trinajstić information content (AvgIpc) is 3.32. The summed E-state index contributed by atoms with van der Waals surface area (Å²) in [5.41, 5.74) is 0. The van der Waals surface area contributed by atoms with Gasteiger partial charge >= 0.3 is 0 Å². The third-order valence-electron chi connectivity index (χ3n) is 4.00. The fraction of sp³-hybridized carbons (Fsp3) is 0.312. The van der Waals surface area contributed by atoms with Crippen molar-refractivity contribution in [3.8, 4) is 5.88 Å². The molecule has 0 aliphatic carbocycles. The van der Waals surface area contributed by atoms with Crippen LogP contribution >= 0.6 is 22.7 Å². The van der Waals surface area contributed by atoms with Crippen molar-refractivity contribution in [2.24, 2.45) is 0 Å². The maximum Gasteiger partial charge on any atom is 0.261 e. The van der Waals surface area contributed by atoms with E-state index in [0.29, 0.717) is 5.88 Å². The van der Waals surface area contributed by atoms with Crippen LogP contribution in [0.15, 0.2) is 35.3 Å². The lowest BCUT2D eigenvalue weighted by Gasteiger charge is -2.23. The number of aromatic nitrogens is 2. The number of nitrogens with zero attached hydrogens (tertiary/aromatic N) is 3. The predicted octanol–water partition coefficient (Wildman–Crippen LogP) is 3.50. The predicted molar refractivity (Wildman–Crippen MR) is 90.9 cm³/mol. The highest BCUT2D eigenvalue weighted by molar-refractivity contribution is 7.16. The Balaban J connectivity index is 1.46. The van der Waals surface area contributed by atoms with E-state index in [-0.39, 0.29) is 18.6 Å². The second kappa shape index (κ2) is 6.25. The second-order valence-corrected chi connectivity index (χ2v) is 7.24. The van der Waals surface area contributed by atoms with E-state index in [9.17, 15) is 4.79 Å². The first-order valence-electron chi connectivity index (χ1n) is 7.47. The molecule has 1 saturated heterocycles. The van der Waals surface area contributed by atoms with Gasteiger partial charge in [0.1, 0.15) is 11.2 Å². The monoisotopic (exact) mass is 345 g/mol. The largest absolute Gasteiger partial charge is 0.467 e. The molecular formula is C16H15N3O2S2. The first kappa shape index (κ1) is 14.6. The molecule has 7 heteroatoms. The summed E-state index contributed by atoms with van der Waals surface area (Å²) in [4.78, 5) is 25.0. The Labute approximate surface area is 141 Å². The van der Waals surface area contributed by atoms with Gasteiger partial charge in [-0.25, -0.2) is 9.97 Å². The minimum absolute atomic E-state index is 0.0166. The van der Waals surface area contributed by atoms with Gasteiger partial charge in [-0.2, -0.15) is 0 Å². The van der Waals surface area contributed by atoms with Crippen molar-refractivity contribution in [3.63, 3.8) is 0 Å². The third kappa shape index (κ3) is 2.82. The van der Waals surface area contributed by atoms with Crippen molar-refractivity contribution in [3.05, 3.63) is 40.2 Å². The van der Waals surface area contributed by atoms with Crippen molar-refractivity contribution >= 4 is 38.8 Å². The van der Waals surface area contributed by atoms with Gasteiger partial charge in [-0.1, -0.05) is 6.07 Å². The van der Waals surface area contributed by atoms with E-state index >= 15 is 0 Å². The topological polar surface area (TPSA) is 55.3 Å². The van der Waals surface area contributed by atoms with Crippen LogP contribution in [0.1, 0.15) is 23.8 Å². The summed E-state index contributed by atoms with van der Waals surface area (Å²) in [5, 5.41) is 4.86. The molecule has 3 aromatic rings. The van der Waals surface area contributed by atoms with E-state index in [1.807, 2.05) is 22.4 Å². The van der Waals surface area contributed by atoms with Crippen LogP contribution in [0.3, 0.4) is 0 Å². The molecule has 1 aliphatic rings. The van der Waals surface area contributed by atoms with Gasteiger partial charge in [-0.05, 0) is 35.7 Å². The van der Waals surface area contributed by atoms with E-state index in [1.165, 1.54) is 22.5 Å². The Morgan fingerprint density at radius 3 is 3.13 bits per heavy atom. The molecule has 0 N–H and O–H groups in total. The molecule has 23 heavy (non-hydrogen) atoms. The zero-order valence-corrected chi connectivity index (χ0v) is 14.0. The summed E-state index contributed by atoms with van der Waals surface area (Å²) >= 11 is 3.24. The van der Waals surface area contributed by atoms with Crippen LogP contribution in [-0.4, -0.2) is 33.9 Å². The van der Waals surface area contributed by atoms with Crippen LogP contribution in [-0.2, 0) is 4.79 Å². The Morgan fingerprint density at radius 2 is 2.26 bits per heavy atom. The van der Waals surface area contributed by atoms with Crippen molar-refractivity contribution in [2.45, 2.75) is 18.9 Å². The van der Waals surface area contributed by atoms with Crippen LogP contribution in [0, 0.1) is 0 Å². The Morgan fingerprint density at radius 1 is 1.30 bits per heavy atom. The molecule has 1 unspecified atom stereocenters. The lowest BCUT2D eigenvalue weighted by atomic mass is 10.2. The maximum atomic E-state index is 12.6. The van der Waals surface area contributed by atoms with Crippen molar-refractivity contribution in [2.75, 3.05) is 13.2 Å². The highest BCUT2D eigenvalue weighted by atomic mass is 32.1. The van der Waals surface area contributed by atoms with E-state index in [1.54, 1.807) is 11.3 Å². The van der Waals surface area contributed by atoms with Gasteiger partial charge in [0.15, 0.2) is 6.61 Å². The van der Waals surface area contributed by atoms with Crippen molar-refractivity contribution < 1.29 is 9.53 Å². The van der Waals surface area contributed by atoms with Gasteiger partial charge in [-0.15, -0.1) is 22.7 Å². The number of amides is 1. The Bertz CT molecular complexity index is 816. The first-order chi connectivity index (χ1) is 11.3. The second-order valence-electron chi connectivity index (χ2n) is 5.37. The molecule has 0 bridgehead atoms. The number of thiophene rings is 2. The fourth-order valence-electron chi connectivity index (χ4n) is 2.94. The molecule has 0 aromatic carbocycles. The molecule has 0 saturated carbocycles. The van der Waals surface area contributed by atoms with E-state index in [2.05, 4.69) is 21.4 Å². The maximum absolute atomic E-state index is 12.6. The normalized spacial score (nSPS) is 17.7. The zero-order chi connectivity index (χ0) is 15.6. The minimum Gasteiger partial charge on any atom is -0.467 e. The summed E-state index contributed by atoms with van der Waals surface area (Å²) in [7, 11) is 0. The Hall–Kier alpha value is -1.99. The van der Waals surface area contributed by atoms with Crippen LogP contribution in [0.5, 0.6) is 5.88 Å². The molecule has 1 aliphatic heterocycles. The van der Waals surface area contributed by atoms with Crippen LogP contribution in [0.25, 0.3) is 10.2 Å². The zero-order valence-electron chi connectivity index (χ0n) is 12.3. The highest BCUT2D eigenvalue weighted by Crippen LogP contribution is 2.34. The summed E-state index contributed by atoms with van der Waals surface area (Å²) in [6.07, 6.45) is 3.54. The summed E-state index contributed by atoms with van der Waals surface area (Å²) < 4.78 is 5.69. The molecule has 1 amide bonds. The van der Waals surface area contributed by atoms with Crippen LogP contribution < -0.4 is 4.74 Å². The standard InChI is InChI=1S/C16H15N3O2S2/c20-14(19-6-1-3-12(19)13-4-2-7-22-13)9-21-15-11-5-8-23-16(11)18-10-17-15/h2,4-5,7-8,10,12H,1,3,6,9H2. The molecule has 4 heterocycles. The van der Waals surface area contributed by atoms with Crippen LogP contribution in [0.4, 0.5) is 0 Å². The first-order valence-corrected chi connectivity index (χ1v) is 9.23. The highest BCUT2D eigenvalue weighted by Gasteiger charge is 2.30. The van der Waals surface area contributed by atoms with Gasteiger partial charge in [0, 0.05) is 11.4 Å². The third-order valence-corrected chi connectivity index (χ3v) is 5.80. The number of ether oxygens (including phenoxy) is 1.